The van der Waals surface area contributed by atoms with Crippen LogP contribution < -0.4 is 21.6 Å². The lowest BCUT2D eigenvalue weighted by atomic mass is 10.2. The SMILES string of the molecule is CC1=NN(CCNc2cccc(Cl)c2)c2nc3c(c(=O)n(C)c(=O)n3C)n2[C@H]1C. The number of rotatable bonds is 4. The summed E-state index contributed by atoms with van der Waals surface area (Å²) >= 11 is 6.03. The van der Waals surface area contributed by atoms with E-state index in [9.17, 15) is 9.59 Å². The molecule has 152 valence electrons. The molecular formula is C19H22ClN7O2. The van der Waals surface area contributed by atoms with E-state index in [1.54, 1.807) is 12.1 Å². The normalized spacial score (nSPS) is 16.1. The fourth-order valence-corrected chi connectivity index (χ4v) is 3.70. The van der Waals surface area contributed by atoms with Crippen LogP contribution in [-0.4, -0.2) is 37.5 Å². The third-order valence-electron chi connectivity index (χ3n) is 5.25. The number of nitrogens with one attached hydrogen (secondary N) is 1. The summed E-state index contributed by atoms with van der Waals surface area (Å²) < 4.78 is 4.36. The van der Waals surface area contributed by atoms with Crippen LogP contribution in [0.1, 0.15) is 19.9 Å². The molecule has 4 rings (SSSR count). The van der Waals surface area contributed by atoms with Gasteiger partial charge < -0.3 is 5.32 Å². The molecule has 3 aromatic rings. The molecule has 1 aromatic carbocycles. The zero-order valence-electron chi connectivity index (χ0n) is 16.7. The highest BCUT2D eigenvalue weighted by atomic mass is 35.5. The number of halogens is 1. The number of hydrazone groups is 1. The van der Waals surface area contributed by atoms with Gasteiger partial charge in [-0.3, -0.25) is 18.5 Å². The summed E-state index contributed by atoms with van der Waals surface area (Å²) in [6.07, 6.45) is 0. The van der Waals surface area contributed by atoms with Crippen molar-refractivity contribution in [2.75, 3.05) is 23.4 Å². The van der Waals surface area contributed by atoms with Gasteiger partial charge in [0, 0.05) is 31.4 Å². The second-order valence-corrected chi connectivity index (χ2v) is 7.57. The highest BCUT2D eigenvalue weighted by Gasteiger charge is 2.30. The van der Waals surface area contributed by atoms with E-state index < -0.39 is 5.69 Å². The molecule has 0 saturated carbocycles. The van der Waals surface area contributed by atoms with Crippen LogP contribution in [0, 0.1) is 0 Å². The fourth-order valence-electron chi connectivity index (χ4n) is 3.51. The number of fused-ring (bicyclic) bond motifs is 3. The first-order valence-electron chi connectivity index (χ1n) is 9.29. The van der Waals surface area contributed by atoms with Crippen molar-refractivity contribution in [2.24, 2.45) is 19.2 Å². The van der Waals surface area contributed by atoms with Crippen LogP contribution >= 0.6 is 11.6 Å². The molecule has 29 heavy (non-hydrogen) atoms. The summed E-state index contributed by atoms with van der Waals surface area (Å²) in [4.78, 5) is 29.7. The average Bonchev–Trinajstić information content (AvgIpc) is 3.10. The van der Waals surface area contributed by atoms with Crippen molar-refractivity contribution in [2.45, 2.75) is 19.9 Å². The molecule has 1 aliphatic rings. The van der Waals surface area contributed by atoms with Crippen molar-refractivity contribution in [1.82, 2.24) is 18.7 Å². The molecule has 10 heteroatoms. The lowest BCUT2D eigenvalue weighted by molar-refractivity contribution is 0.638. The van der Waals surface area contributed by atoms with Gasteiger partial charge >= 0.3 is 5.69 Å². The molecule has 1 N–H and O–H groups in total. The van der Waals surface area contributed by atoms with Crippen molar-refractivity contribution in [1.29, 1.82) is 0 Å². The summed E-state index contributed by atoms with van der Waals surface area (Å²) in [6.45, 7) is 5.00. The molecule has 0 unspecified atom stereocenters. The fraction of sp³-hybridized carbons (Fsp3) is 0.368. The van der Waals surface area contributed by atoms with E-state index in [4.69, 9.17) is 11.6 Å². The topological polar surface area (TPSA) is 89.5 Å². The maximum Gasteiger partial charge on any atom is 0.332 e. The predicted octanol–water partition coefficient (Wildman–Crippen LogP) is 1.96. The van der Waals surface area contributed by atoms with E-state index in [0.717, 1.165) is 16.0 Å². The van der Waals surface area contributed by atoms with E-state index in [2.05, 4.69) is 15.4 Å². The zero-order valence-corrected chi connectivity index (χ0v) is 17.4. The molecule has 0 amide bonds. The minimum atomic E-state index is -0.405. The van der Waals surface area contributed by atoms with Gasteiger partial charge in [0.15, 0.2) is 11.2 Å². The number of nitrogens with zero attached hydrogens (tertiary/aromatic N) is 6. The first kappa shape index (κ1) is 19.3. The standard InChI is InChI=1S/C19H22ClN7O2/c1-11-12(2)27-15-16(24(3)19(29)25(4)17(15)28)22-18(27)26(23-11)9-8-21-14-7-5-6-13(20)10-14/h5-7,10,12,21H,8-9H2,1-4H3/t12-/m0/s1. The van der Waals surface area contributed by atoms with Gasteiger partial charge in [-0.1, -0.05) is 17.7 Å². The predicted molar refractivity (Wildman–Crippen MR) is 115 cm³/mol. The Kier molecular flexibility index (Phi) is 4.70. The number of aromatic nitrogens is 4. The molecule has 9 nitrogen and oxygen atoms in total. The zero-order chi connectivity index (χ0) is 20.9. The Balaban J connectivity index is 1.73. The van der Waals surface area contributed by atoms with Crippen molar-refractivity contribution >= 4 is 40.1 Å². The molecule has 1 atom stereocenters. The van der Waals surface area contributed by atoms with Crippen LogP contribution in [0.3, 0.4) is 0 Å². The monoisotopic (exact) mass is 415 g/mol. The number of anilines is 2. The van der Waals surface area contributed by atoms with Gasteiger partial charge in [0.1, 0.15) is 0 Å². The Morgan fingerprint density at radius 3 is 2.69 bits per heavy atom. The number of hydrogen-bond donors (Lipinski definition) is 1. The van der Waals surface area contributed by atoms with Gasteiger partial charge in [0.25, 0.3) is 5.56 Å². The summed E-state index contributed by atoms with van der Waals surface area (Å²) in [6, 6.07) is 7.35. The van der Waals surface area contributed by atoms with Crippen LogP contribution in [-0.2, 0) is 14.1 Å². The molecule has 0 radical (unpaired) electrons. The van der Waals surface area contributed by atoms with Gasteiger partial charge in [0.2, 0.25) is 5.95 Å². The lowest BCUT2D eigenvalue weighted by Gasteiger charge is -2.29. The minimum Gasteiger partial charge on any atom is -0.383 e. The van der Waals surface area contributed by atoms with Crippen molar-refractivity contribution in [3.63, 3.8) is 0 Å². The summed E-state index contributed by atoms with van der Waals surface area (Å²) in [5, 5.41) is 10.4. The minimum absolute atomic E-state index is 0.141. The second-order valence-electron chi connectivity index (χ2n) is 7.14. The number of hydrogen-bond acceptors (Lipinski definition) is 6. The number of benzene rings is 1. The molecule has 0 spiro atoms. The van der Waals surface area contributed by atoms with Crippen molar-refractivity contribution in [3.05, 3.63) is 50.1 Å². The van der Waals surface area contributed by atoms with Gasteiger partial charge in [0.05, 0.1) is 18.3 Å². The van der Waals surface area contributed by atoms with E-state index in [-0.39, 0.29) is 11.6 Å². The highest BCUT2D eigenvalue weighted by molar-refractivity contribution is 6.30. The van der Waals surface area contributed by atoms with Gasteiger partial charge in [-0.05, 0) is 32.0 Å². The summed E-state index contributed by atoms with van der Waals surface area (Å²) in [5.41, 5.74) is 1.76. The van der Waals surface area contributed by atoms with Crippen LogP contribution in [0.4, 0.5) is 11.6 Å². The Morgan fingerprint density at radius 2 is 1.97 bits per heavy atom. The van der Waals surface area contributed by atoms with Crippen LogP contribution in [0.25, 0.3) is 11.2 Å². The maximum atomic E-state index is 12.8. The molecule has 2 aromatic heterocycles. The van der Waals surface area contributed by atoms with E-state index in [1.807, 2.05) is 42.7 Å². The first-order valence-corrected chi connectivity index (χ1v) is 9.67. The summed E-state index contributed by atoms with van der Waals surface area (Å²) in [7, 11) is 3.09. The van der Waals surface area contributed by atoms with Crippen LogP contribution in [0.2, 0.25) is 5.02 Å². The quantitative estimate of drug-likeness (QED) is 0.703. The average molecular weight is 416 g/mol. The summed E-state index contributed by atoms with van der Waals surface area (Å²) in [5.74, 6) is 0.546. The Bertz CT molecular complexity index is 1250. The van der Waals surface area contributed by atoms with Crippen LogP contribution in [0.15, 0.2) is 39.0 Å². The van der Waals surface area contributed by atoms with Gasteiger partial charge in [-0.2, -0.15) is 10.1 Å². The van der Waals surface area contributed by atoms with Crippen molar-refractivity contribution in [3.8, 4) is 0 Å². The largest absolute Gasteiger partial charge is 0.383 e. The number of aryl methyl sites for hydroxylation is 1. The molecule has 1 aliphatic heterocycles. The molecule has 0 fully saturated rings. The Hall–Kier alpha value is -3.07. The first-order chi connectivity index (χ1) is 13.8. The third-order valence-corrected chi connectivity index (χ3v) is 5.49. The number of imidazole rings is 1. The molecule has 0 saturated heterocycles. The van der Waals surface area contributed by atoms with E-state index in [0.29, 0.717) is 35.2 Å². The smallest absolute Gasteiger partial charge is 0.332 e. The van der Waals surface area contributed by atoms with Crippen LogP contribution in [0.5, 0.6) is 0 Å². The van der Waals surface area contributed by atoms with E-state index in [1.165, 1.54) is 11.6 Å². The molecular weight excluding hydrogens is 394 g/mol. The second kappa shape index (κ2) is 7.07. The Labute approximate surface area is 171 Å². The highest BCUT2D eigenvalue weighted by Crippen LogP contribution is 2.29. The van der Waals surface area contributed by atoms with Gasteiger partial charge in [-0.15, -0.1) is 0 Å². The van der Waals surface area contributed by atoms with E-state index >= 15 is 0 Å². The molecule has 0 bridgehead atoms. The third kappa shape index (κ3) is 3.11. The molecule has 3 heterocycles. The van der Waals surface area contributed by atoms with Gasteiger partial charge in [-0.25, -0.2) is 9.80 Å². The maximum absolute atomic E-state index is 12.8. The van der Waals surface area contributed by atoms with Crippen molar-refractivity contribution < 1.29 is 0 Å². The Morgan fingerprint density at radius 1 is 1.21 bits per heavy atom. The molecule has 0 aliphatic carbocycles. The lowest BCUT2D eigenvalue weighted by Crippen LogP contribution is -2.39.